The molecular formula is C31H27FN2O8. The maximum Gasteiger partial charge on any atom is 0.513 e. The number of halogens is 1. The largest absolute Gasteiger partial charge is 0.513 e. The molecule has 11 heteroatoms. The Morgan fingerprint density at radius 3 is 2.24 bits per heavy atom. The molecule has 0 unspecified atom stereocenters. The van der Waals surface area contributed by atoms with Crippen LogP contribution in [0.4, 0.5) is 9.18 Å². The number of carbonyl (C=O) groups is 3. The highest BCUT2D eigenvalue weighted by Crippen LogP contribution is 2.45. The van der Waals surface area contributed by atoms with Gasteiger partial charge in [-0.1, -0.05) is 12.1 Å². The predicted molar refractivity (Wildman–Crippen MR) is 149 cm³/mol. The quantitative estimate of drug-likeness (QED) is 0.149. The summed E-state index contributed by atoms with van der Waals surface area (Å²) in [5.41, 5.74) is 2.02. The molecule has 1 aromatic heterocycles. The Morgan fingerprint density at radius 2 is 1.60 bits per heavy atom. The molecule has 0 saturated carbocycles. The van der Waals surface area contributed by atoms with Crippen molar-refractivity contribution in [3.63, 3.8) is 0 Å². The first-order valence-corrected chi connectivity index (χ1v) is 13.0. The Balaban J connectivity index is 1.65. The van der Waals surface area contributed by atoms with E-state index in [-0.39, 0.29) is 52.5 Å². The van der Waals surface area contributed by atoms with Crippen LogP contribution < -0.4 is 18.9 Å². The third-order valence-corrected chi connectivity index (χ3v) is 6.82. The molecule has 0 N–H and O–H groups in total. The van der Waals surface area contributed by atoms with Gasteiger partial charge in [0.25, 0.3) is 11.8 Å². The Hall–Kier alpha value is -5.19. The first-order chi connectivity index (χ1) is 20.3. The Morgan fingerprint density at radius 1 is 0.881 bits per heavy atom. The number of nitrogens with zero attached hydrogens (tertiary/aromatic N) is 2. The van der Waals surface area contributed by atoms with Gasteiger partial charge in [0.05, 0.1) is 34.5 Å². The van der Waals surface area contributed by atoms with Crippen LogP contribution in [-0.2, 0) is 17.7 Å². The summed E-state index contributed by atoms with van der Waals surface area (Å²) < 4.78 is 40.3. The van der Waals surface area contributed by atoms with Gasteiger partial charge >= 0.3 is 6.16 Å². The van der Waals surface area contributed by atoms with Gasteiger partial charge in [-0.2, -0.15) is 0 Å². The average Bonchev–Trinajstić information content (AvgIpc) is 3.23. The van der Waals surface area contributed by atoms with Crippen LogP contribution in [0.1, 0.15) is 44.3 Å². The van der Waals surface area contributed by atoms with Gasteiger partial charge in [-0.05, 0) is 54.8 Å². The Bertz CT molecular complexity index is 1700. The number of methoxy groups -OCH3 is 3. The number of rotatable bonds is 9. The molecule has 0 fully saturated rings. The molecule has 4 aromatic rings. The molecule has 2 amide bonds. The van der Waals surface area contributed by atoms with Gasteiger partial charge in [-0.25, -0.2) is 9.18 Å². The number of ether oxygens (including phenoxy) is 5. The van der Waals surface area contributed by atoms with E-state index in [1.165, 1.54) is 33.5 Å². The highest BCUT2D eigenvalue weighted by molar-refractivity contribution is 6.27. The highest BCUT2D eigenvalue weighted by atomic mass is 19.1. The third kappa shape index (κ3) is 5.16. The predicted octanol–water partition coefficient (Wildman–Crippen LogP) is 5.32. The van der Waals surface area contributed by atoms with E-state index in [0.29, 0.717) is 29.0 Å². The fourth-order valence-corrected chi connectivity index (χ4v) is 4.88. The summed E-state index contributed by atoms with van der Waals surface area (Å²) in [7, 11) is 4.35. The second-order valence-electron chi connectivity index (χ2n) is 9.31. The van der Waals surface area contributed by atoms with Crippen molar-refractivity contribution < 1.29 is 42.5 Å². The van der Waals surface area contributed by atoms with Gasteiger partial charge in [-0.3, -0.25) is 19.5 Å². The molecule has 0 radical (unpaired) electrons. The van der Waals surface area contributed by atoms with Gasteiger partial charge in [-0.15, -0.1) is 0 Å². The van der Waals surface area contributed by atoms with E-state index in [0.717, 1.165) is 10.5 Å². The van der Waals surface area contributed by atoms with Gasteiger partial charge in [0.1, 0.15) is 34.0 Å². The van der Waals surface area contributed by atoms with Crippen molar-refractivity contribution in [2.75, 3.05) is 27.9 Å². The summed E-state index contributed by atoms with van der Waals surface area (Å²) in [5.74, 6) is -0.867. The van der Waals surface area contributed by atoms with Crippen molar-refractivity contribution in [2.24, 2.45) is 0 Å². The number of carbonyl (C=O) groups excluding carboxylic acids is 3. The lowest BCUT2D eigenvalue weighted by molar-refractivity contribution is 0.0639. The fourth-order valence-electron chi connectivity index (χ4n) is 4.88. The lowest BCUT2D eigenvalue weighted by Crippen LogP contribution is -2.29. The van der Waals surface area contributed by atoms with Gasteiger partial charge in [0.2, 0.25) is 0 Å². The topological polar surface area (TPSA) is 113 Å². The number of imide groups is 1. The van der Waals surface area contributed by atoms with E-state index in [1.807, 2.05) is 0 Å². The van der Waals surface area contributed by atoms with Crippen molar-refractivity contribution in [3.8, 4) is 23.0 Å². The van der Waals surface area contributed by atoms with E-state index in [4.69, 9.17) is 23.7 Å². The number of aromatic nitrogens is 1. The number of pyridine rings is 1. The zero-order valence-electron chi connectivity index (χ0n) is 23.4. The summed E-state index contributed by atoms with van der Waals surface area (Å²) in [6, 6.07) is 12.7. The highest BCUT2D eigenvalue weighted by Gasteiger charge is 2.44. The summed E-state index contributed by atoms with van der Waals surface area (Å²) in [6.07, 6.45) is 0.902. The molecular weight excluding hydrogens is 547 g/mol. The lowest BCUT2D eigenvalue weighted by Gasteiger charge is -2.17. The summed E-state index contributed by atoms with van der Waals surface area (Å²) in [4.78, 5) is 45.8. The fraction of sp³-hybridized carbons (Fsp3) is 0.226. The van der Waals surface area contributed by atoms with E-state index >= 15 is 0 Å². The minimum Gasteiger partial charge on any atom is -0.497 e. The van der Waals surface area contributed by atoms with Crippen LogP contribution in [0.5, 0.6) is 23.0 Å². The molecule has 1 aliphatic heterocycles. The van der Waals surface area contributed by atoms with E-state index in [1.54, 1.807) is 49.5 Å². The van der Waals surface area contributed by atoms with Gasteiger partial charge < -0.3 is 23.7 Å². The van der Waals surface area contributed by atoms with Crippen LogP contribution >= 0.6 is 0 Å². The molecule has 42 heavy (non-hydrogen) atoms. The van der Waals surface area contributed by atoms with Crippen LogP contribution in [0.25, 0.3) is 10.9 Å². The third-order valence-electron chi connectivity index (χ3n) is 6.82. The van der Waals surface area contributed by atoms with Crippen molar-refractivity contribution in [1.82, 2.24) is 9.88 Å². The van der Waals surface area contributed by atoms with Crippen molar-refractivity contribution in [2.45, 2.75) is 19.9 Å². The van der Waals surface area contributed by atoms with Crippen LogP contribution in [0, 0.1) is 5.82 Å². The number of hydrogen-bond acceptors (Lipinski definition) is 9. The average molecular weight is 575 g/mol. The Kier molecular flexibility index (Phi) is 7.92. The number of benzene rings is 3. The molecule has 1 aliphatic rings. The molecule has 2 heterocycles. The molecule has 216 valence electrons. The summed E-state index contributed by atoms with van der Waals surface area (Å²) >= 11 is 0. The molecule has 0 spiro atoms. The van der Waals surface area contributed by atoms with E-state index < -0.39 is 18.0 Å². The lowest BCUT2D eigenvalue weighted by atomic mass is 9.99. The standard InChI is InChI=1S/C31H27FN2O8/c1-5-41-31(37)42-27-22-13-18(12-17-6-9-20(32)10-7-17)15-33-26(22)28(40-4)25-24(27)29(35)34(30(25)36)16-19-8-11-21(38-2)14-23(19)39-3/h6-11,13-15H,5,12,16H2,1-4H3. The minimum absolute atomic E-state index is 0.0272. The Labute approximate surface area is 240 Å². The normalized spacial score (nSPS) is 12.4. The molecule has 0 aliphatic carbocycles. The zero-order valence-corrected chi connectivity index (χ0v) is 23.4. The minimum atomic E-state index is -1.05. The SMILES string of the molecule is CCOC(=O)Oc1c2c(c(OC)c3ncc(Cc4ccc(F)cc4)cc13)C(=O)N(Cc1ccc(OC)cc1OC)C2=O. The van der Waals surface area contributed by atoms with E-state index in [2.05, 4.69) is 4.98 Å². The monoisotopic (exact) mass is 574 g/mol. The zero-order chi connectivity index (χ0) is 30.0. The number of hydrogen-bond donors (Lipinski definition) is 0. The first-order valence-electron chi connectivity index (χ1n) is 13.0. The molecule has 5 rings (SSSR count). The van der Waals surface area contributed by atoms with Crippen molar-refractivity contribution in [1.29, 1.82) is 0 Å². The second-order valence-corrected chi connectivity index (χ2v) is 9.31. The maximum absolute atomic E-state index is 13.9. The molecule has 0 saturated heterocycles. The number of amides is 2. The van der Waals surface area contributed by atoms with Crippen LogP contribution in [-0.4, -0.2) is 55.8 Å². The molecule has 10 nitrogen and oxygen atoms in total. The second kappa shape index (κ2) is 11.7. The number of fused-ring (bicyclic) bond motifs is 2. The summed E-state index contributed by atoms with van der Waals surface area (Å²) in [6.45, 7) is 1.50. The van der Waals surface area contributed by atoms with Crippen molar-refractivity contribution >= 4 is 28.9 Å². The molecule has 3 aromatic carbocycles. The first kappa shape index (κ1) is 28.3. The van der Waals surface area contributed by atoms with Crippen LogP contribution in [0.15, 0.2) is 54.7 Å². The van der Waals surface area contributed by atoms with Gasteiger partial charge in [0.15, 0.2) is 11.5 Å². The molecule has 0 bridgehead atoms. The van der Waals surface area contributed by atoms with Crippen molar-refractivity contribution in [3.05, 3.63) is 88.4 Å². The van der Waals surface area contributed by atoms with Gasteiger partial charge in [0, 0.05) is 23.2 Å². The van der Waals surface area contributed by atoms with Crippen LogP contribution in [0.2, 0.25) is 0 Å². The molecule has 0 atom stereocenters. The van der Waals surface area contributed by atoms with E-state index in [9.17, 15) is 18.8 Å². The maximum atomic E-state index is 13.9. The summed E-state index contributed by atoms with van der Waals surface area (Å²) in [5, 5.41) is 0.267. The smallest absolute Gasteiger partial charge is 0.497 e. The van der Waals surface area contributed by atoms with Crippen LogP contribution in [0.3, 0.4) is 0 Å².